The minimum absolute atomic E-state index is 0.325. The summed E-state index contributed by atoms with van der Waals surface area (Å²) in [4.78, 5) is 14.3. The van der Waals surface area contributed by atoms with Gasteiger partial charge >= 0.3 is 0 Å². The Labute approximate surface area is 128 Å². The van der Waals surface area contributed by atoms with Crippen LogP contribution in [0.5, 0.6) is 0 Å². The molecule has 0 N–H and O–H groups in total. The third-order valence-corrected chi connectivity index (χ3v) is 6.20. The van der Waals surface area contributed by atoms with Gasteiger partial charge in [-0.15, -0.1) is 11.6 Å². The van der Waals surface area contributed by atoms with Crippen molar-refractivity contribution >= 4 is 17.5 Å². The van der Waals surface area contributed by atoms with Crippen LogP contribution < -0.4 is 0 Å². The van der Waals surface area contributed by atoms with E-state index in [0.29, 0.717) is 23.6 Å². The minimum Gasteiger partial charge on any atom is -0.345 e. The first kappa shape index (κ1) is 14.7. The van der Waals surface area contributed by atoms with Crippen molar-refractivity contribution in [2.45, 2.75) is 57.8 Å². The highest BCUT2D eigenvalue weighted by atomic mass is 35.5. The van der Waals surface area contributed by atoms with E-state index >= 15 is 0 Å². The Bertz CT molecular complexity index is 333. The van der Waals surface area contributed by atoms with Crippen LogP contribution in [0, 0.1) is 23.2 Å². The average Bonchev–Trinajstić information content (AvgIpc) is 2.36. The molecule has 114 valence electrons. The van der Waals surface area contributed by atoms with Gasteiger partial charge in [0, 0.05) is 25.9 Å². The number of amides is 1. The Morgan fingerprint density at radius 3 is 2.15 bits per heavy atom. The maximum atomic E-state index is 12.2. The Morgan fingerprint density at radius 2 is 1.65 bits per heavy atom. The predicted molar refractivity (Wildman–Crippen MR) is 82.8 cm³/mol. The number of nitrogens with zero attached hydrogens (tertiary/aromatic N) is 1. The molecule has 0 spiro atoms. The van der Waals surface area contributed by atoms with Crippen molar-refractivity contribution < 1.29 is 4.79 Å². The van der Waals surface area contributed by atoms with E-state index in [1.165, 1.54) is 38.5 Å². The normalized spacial score (nSPS) is 38.2. The molecule has 0 aromatic carbocycles. The summed E-state index contributed by atoms with van der Waals surface area (Å²) in [6, 6.07) is 0. The van der Waals surface area contributed by atoms with Crippen molar-refractivity contribution in [3.8, 4) is 0 Å². The number of rotatable bonds is 6. The number of hydrogen-bond acceptors (Lipinski definition) is 1. The first-order chi connectivity index (χ1) is 9.60. The molecule has 4 aliphatic rings. The number of alkyl halides is 1. The fourth-order valence-corrected chi connectivity index (χ4v) is 5.83. The van der Waals surface area contributed by atoms with Gasteiger partial charge in [-0.05, 0) is 74.5 Å². The summed E-state index contributed by atoms with van der Waals surface area (Å²) in [5.41, 5.74) is 0.478. The van der Waals surface area contributed by atoms with E-state index in [4.69, 9.17) is 11.6 Å². The molecule has 0 unspecified atom stereocenters. The number of carbonyl (C=O) groups is 1. The molecule has 0 heterocycles. The molecule has 0 atom stereocenters. The largest absolute Gasteiger partial charge is 0.345 e. The van der Waals surface area contributed by atoms with Crippen molar-refractivity contribution in [3.05, 3.63) is 0 Å². The maximum absolute atomic E-state index is 12.2. The SMILES string of the molecule is CN(CC12CC3CC(CC(C3)C1)C2)C(=O)CCCCCl. The highest BCUT2D eigenvalue weighted by Crippen LogP contribution is 2.60. The molecule has 4 aliphatic carbocycles. The Morgan fingerprint density at radius 1 is 1.10 bits per heavy atom. The fourth-order valence-electron chi connectivity index (χ4n) is 5.64. The predicted octanol–water partition coefficient (Wildman–Crippen LogP) is 4.07. The lowest BCUT2D eigenvalue weighted by atomic mass is 9.49. The van der Waals surface area contributed by atoms with E-state index in [9.17, 15) is 4.79 Å². The van der Waals surface area contributed by atoms with Crippen LogP contribution in [0.2, 0.25) is 0 Å². The smallest absolute Gasteiger partial charge is 0.222 e. The summed E-state index contributed by atoms with van der Waals surface area (Å²) in [5.74, 6) is 3.92. The monoisotopic (exact) mass is 297 g/mol. The Hall–Kier alpha value is -0.240. The van der Waals surface area contributed by atoms with Crippen LogP contribution in [-0.4, -0.2) is 30.3 Å². The Balaban J connectivity index is 1.55. The molecule has 0 aliphatic heterocycles. The second-order valence-corrected chi connectivity index (χ2v) is 8.19. The van der Waals surface area contributed by atoms with Gasteiger partial charge in [0.2, 0.25) is 5.91 Å². The van der Waals surface area contributed by atoms with Gasteiger partial charge in [0.15, 0.2) is 0 Å². The number of carbonyl (C=O) groups excluding carboxylic acids is 1. The summed E-state index contributed by atoms with van der Waals surface area (Å²) in [7, 11) is 2.02. The topological polar surface area (TPSA) is 20.3 Å². The van der Waals surface area contributed by atoms with Gasteiger partial charge in [-0.2, -0.15) is 0 Å². The minimum atomic E-state index is 0.325. The first-order valence-electron chi connectivity index (χ1n) is 8.40. The van der Waals surface area contributed by atoms with E-state index in [0.717, 1.165) is 37.1 Å². The van der Waals surface area contributed by atoms with Gasteiger partial charge in [0.25, 0.3) is 0 Å². The van der Waals surface area contributed by atoms with Crippen LogP contribution in [0.15, 0.2) is 0 Å². The van der Waals surface area contributed by atoms with Gasteiger partial charge in [-0.3, -0.25) is 4.79 Å². The highest BCUT2D eigenvalue weighted by molar-refractivity contribution is 6.17. The van der Waals surface area contributed by atoms with Crippen LogP contribution in [0.4, 0.5) is 0 Å². The van der Waals surface area contributed by atoms with Gasteiger partial charge in [-0.25, -0.2) is 0 Å². The van der Waals surface area contributed by atoms with E-state index in [2.05, 4.69) is 0 Å². The molecular formula is C17H28ClNO. The van der Waals surface area contributed by atoms with Crippen molar-refractivity contribution in [2.75, 3.05) is 19.5 Å². The summed E-state index contributed by atoms with van der Waals surface area (Å²) < 4.78 is 0. The molecule has 4 bridgehead atoms. The van der Waals surface area contributed by atoms with Gasteiger partial charge in [-0.1, -0.05) is 0 Å². The lowest BCUT2D eigenvalue weighted by molar-refractivity contribution is -0.135. The zero-order valence-corrected chi connectivity index (χ0v) is 13.5. The van der Waals surface area contributed by atoms with Crippen molar-refractivity contribution in [1.29, 1.82) is 0 Å². The summed E-state index contributed by atoms with van der Waals surface area (Å²) in [5, 5.41) is 0. The summed E-state index contributed by atoms with van der Waals surface area (Å²) in [6.45, 7) is 1.01. The molecule has 3 heteroatoms. The zero-order chi connectivity index (χ0) is 14.2. The second-order valence-electron chi connectivity index (χ2n) is 7.81. The molecule has 2 nitrogen and oxygen atoms in total. The third kappa shape index (κ3) is 3.00. The van der Waals surface area contributed by atoms with Crippen LogP contribution in [0.3, 0.4) is 0 Å². The van der Waals surface area contributed by atoms with E-state index < -0.39 is 0 Å². The van der Waals surface area contributed by atoms with Crippen LogP contribution >= 0.6 is 11.6 Å². The summed E-state index contributed by atoms with van der Waals surface area (Å²) >= 11 is 5.68. The van der Waals surface area contributed by atoms with E-state index in [1.54, 1.807) is 0 Å². The molecule has 4 fully saturated rings. The molecule has 0 aromatic rings. The first-order valence-corrected chi connectivity index (χ1v) is 8.93. The molecular weight excluding hydrogens is 270 g/mol. The molecule has 1 amide bonds. The van der Waals surface area contributed by atoms with Crippen LogP contribution in [-0.2, 0) is 4.79 Å². The van der Waals surface area contributed by atoms with Gasteiger partial charge in [0.1, 0.15) is 0 Å². The van der Waals surface area contributed by atoms with Crippen molar-refractivity contribution in [2.24, 2.45) is 23.2 Å². The Kier molecular flexibility index (Phi) is 4.31. The average molecular weight is 298 g/mol. The number of unbranched alkanes of at least 4 members (excludes halogenated alkanes) is 1. The molecule has 0 saturated heterocycles. The quantitative estimate of drug-likeness (QED) is 0.534. The molecule has 0 aromatic heterocycles. The molecule has 4 saturated carbocycles. The maximum Gasteiger partial charge on any atom is 0.222 e. The lowest BCUT2D eigenvalue weighted by Crippen LogP contribution is -2.51. The van der Waals surface area contributed by atoms with Crippen molar-refractivity contribution in [3.63, 3.8) is 0 Å². The fraction of sp³-hybridized carbons (Fsp3) is 0.941. The summed E-state index contributed by atoms with van der Waals surface area (Å²) in [6.07, 6.45) is 11.2. The highest BCUT2D eigenvalue weighted by Gasteiger charge is 2.51. The molecule has 20 heavy (non-hydrogen) atoms. The van der Waals surface area contributed by atoms with Gasteiger partial charge < -0.3 is 4.90 Å². The molecule has 4 rings (SSSR count). The zero-order valence-electron chi connectivity index (χ0n) is 12.7. The molecule has 0 radical (unpaired) electrons. The standard InChI is InChI=1S/C17H28ClNO/c1-19(16(20)4-2-3-5-18)12-17-9-13-6-14(10-17)8-15(7-13)11-17/h13-15H,2-12H2,1H3. The van der Waals surface area contributed by atoms with E-state index in [-0.39, 0.29) is 0 Å². The van der Waals surface area contributed by atoms with Gasteiger partial charge in [0.05, 0.1) is 0 Å². The third-order valence-electron chi connectivity index (χ3n) is 5.94. The van der Waals surface area contributed by atoms with Crippen LogP contribution in [0.1, 0.15) is 57.8 Å². The second kappa shape index (κ2) is 5.87. The van der Waals surface area contributed by atoms with Crippen LogP contribution in [0.25, 0.3) is 0 Å². The number of halogens is 1. The lowest BCUT2D eigenvalue weighted by Gasteiger charge is -2.57. The van der Waals surface area contributed by atoms with E-state index in [1.807, 2.05) is 11.9 Å². The number of hydrogen-bond donors (Lipinski definition) is 0. The van der Waals surface area contributed by atoms with Crippen molar-refractivity contribution in [1.82, 2.24) is 4.90 Å².